The molecule has 88 valence electrons. The lowest BCUT2D eigenvalue weighted by Gasteiger charge is -2.43. The van der Waals surface area contributed by atoms with Crippen LogP contribution in [-0.4, -0.2) is 12.6 Å². The first-order valence-electron chi connectivity index (χ1n) is 6.92. The Morgan fingerprint density at radius 3 is 2.47 bits per heavy atom. The Kier molecular flexibility index (Phi) is 3.71. The molecule has 0 radical (unpaired) electrons. The Morgan fingerprint density at radius 2 is 1.73 bits per heavy atom. The van der Waals surface area contributed by atoms with Gasteiger partial charge in [0.05, 0.1) is 0 Å². The van der Waals surface area contributed by atoms with Gasteiger partial charge in [-0.15, -0.1) is 0 Å². The SMILES string of the molecule is CC1CCC(C)C(C2CCCNC2C)C1. The molecular formula is C14H27N. The van der Waals surface area contributed by atoms with Crippen LogP contribution in [0.2, 0.25) is 0 Å². The van der Waals surface area contributed by atoms with Crippen LogP contribution < -0.4 is 5.32 Å². The lowest BCUT2D eigenvalue weighted by Crippen LogP contribution is -2.45. The monoisotopic (exact) mass is 209 g/mol. The molecule has 1 heterocycles. The molecule has 1 N–H and O–H groups in total. The summed E-state index contributed by atoms with van der Waals surface area (Å²) in [6.45, 7) is 8.57. The second kappa shape index (κ2) is 4.86. The first-order valence-corrected chi connectivity index (χ1v) is 6.92. The Bertz CT molecular complexity index is 202. The second-order valence-corrected chi connectivity index (χ2v) is 6.11. The topological polar surface area (TPSA) is 12.0 Å². The fourth-order valence-electron chi connectivity index (χ4n) is 3.83. The minimum Gasteiger partial charge on any atom is -0.314 e. The van der Waals surface area contributed by atoms with Gasteiger partial charge in [0.1, 0.15) is 0 Å². The molecule has 0 amide bonds. The van der Waals surface area contributed by atoms with Gasteiger partial charge in [-0.1, -0.05) is 26.7 Å². The van der Waals surface area contributed by atoms with Crippen molar-refractivity contribution >= 4 is 0 Å². The minimum absolute atomic E-state index is 0.761. The number of hydrogen-bond acceptors (Lipinski definition) is 1. The third-order valence-electron chi connectivity index (χ3n) is 4.89. The largest absolute Gasteiger partial charge is 0.314 e. The summed E-state index contributed by atoms with van der Waals surface area (Å²) in [5.41, 5.74) is 0. The van der Waals surface area contributed by atoms with Gasteiger partial charge in [-0.2, -0.15) is 0 Å². The van der Waals surface area contributed by atoms with Crippen molar-refractivity contribution in [3.05, 3.63) is 0 Å². The van der Waals surface area contributed by atoms with Crippen molar-refractivity contribution in [1.82, 2.24) is 5.32 Å². The van der Waals surface area contributed by atoms with E-state index in [0.717, 1.165) is 29.7 Å². The molecule has 1 aliphatic heterocycles. The Balaban J connectivity index is 1.99. The lowest BCUT2D eigenvalue weighted by atomic mass is 9.66. The Hall–Kier alpha value is -0.0400. The first kappa shape index (κ1) is 11.4. The van der Waals surface area contributed by atoms with Gasteiger partial charge in [-0.3, -0.25) is 0 Å². The van der Waals surface area contributed by atoms with Crippen LogP contribution in [-0.2, 0) is 0 Å². The van der Waals surface area contributed by atoms with Gasteiger partial charge >= 0.3 is 0 Å². The molecule has 0 bridgehead atoms. The first-order chi connectivity index (χ1) is 7.18. The van der Waals surface area contributed by atoms with Gasteiger partial charge in [0.2, 0.25) is 0 Å². The van der Waals surface area contributed by atoms with Crippen molar-refractivity contribution < 1.29 is 0 Å². The lowest BCUT2D eigenvalue weighted by molar-refractivity contribution is 0.0950. The van der Waals surface area contributed by atoms with E-state index in [2.05, 4.69) is 26.1 Å². The summed E-state index contributed by atoms with van der Waals surface area (Å²) >= 11 is 0. The van der Waals surface area contributed by atoms with Crippen molar-refractivity contribution in [3.8, 4) is 0 Å². The summed E-state index contributed by atoms with van der Waals surface area (Å²) in [5, 5.41) is 3.66. The number of hydrogen-bond donors (Lipinski definition) is 1. The van der Waals surface area contributed by atoms with E-state index in [0.29, 0.717) is 0 Å². The molecule has 5 atom stereocenters. The molecular weight excluding hydrogens is 182 g/mol. The van der Waals surface area contributed by atoms with Crippen molar-refractivity contribution in [1.29, 1.82) is 0 Å². The minimum atomic E-state index is 0.761. The normalized spacial score (nSPS) is 47.8. The predicted octanol–water partition coefficient (Wildman–Crippen LogP) is 3.45. The fraction of sp³-hybridized carbons (Fsp3) is 1.00. The van der Waals surface area contributed by atoms with E-state index in [1.54, 1.807) is 0 Å². The van der Waals surface area contributed by atoms with Crippen molar-refractivity contribution in [2.24, 2.45) is 23.7 Å². The van der Waals surface area contributed by atoms with Gasteiger partial charge in [0, 0.05) is 6.04 Å². The average Bonchev–Trinajstić information content (AvgIpc) is 2.23. The number of nitrogens with one attached hydrogen (secondary N) is 1. The molecule has 0 aromatic heterocycles. The van der Waals surface area contributed by atoms with E-state index in [-0.39, 0.29) is 0 Å². The van der Waals surface area contributed by atoms with E-state index >= 15 is 0 Å². The maximum atomic E-state index is 3.66. The molecule has 0 spiro atoms. The fourth-order valence-corrected chi connectivity index (χ4v) is 3.83. The van der Waals surface area contributed by atoms with Crippen LogP contribution in [0.25, 0.3) is 0 Å². The van der Waals surface area contributed by atoms with Crippen LogP contribution in [0.5, 0.6) is 0 Å². The van der Waals surface area contributed by atoms with Crippen molar-refractivity contribution in [3.63, 3.8) is 0 Å². The molecule has 1 heteroatoms. The van der Waals surface area contributed by atoms with E-state index < -0.39 is 0 Å². The van der Waals surface area contributed by atoms with Gasteiger partial charge in [-0.05, 0) is 56.4 Å². The quantitative estimate of drug-likeness (QED) is 0.697. The highest BCUT2D eigenvalue weighted by Gasteiger charge is 2.35. The molecule has 2 rings (SSSR count). The molecule has 1 nitrogen and oxygen atoms in total. The van der Waals surface area contributed by atoms with Crippen LogP contribution in [0, 0.1) is 23.7 Å². The molecule has 1 aliphatic carbocycles. The molecule has 1 saturated carbocycles. The van der Waals surface area contributed by atoms with Gasteiger partial charge in [0.15, 0.2) is 0 Å². The molecule has 1 saturated heterocycles. The average molecular weight is 209 g/mol. The molecule has 2 fully saturated rings. The van der Waals surface area contributed by atoms with Gasteiger partial charge < -0.3 is 5.32 Å². The zero-order valence-corrected chi connectivity index (χ0v) is 10.6. The summed E-state index contributed by atoms with van der Waals surface area (Å²) in [6.07, 6.45) is 7.28. The molecule has 0 aromatic carbocycles. The van der Waals surface area contributed by atoms with Crippen LogP contribution in [0.4, 0.5) is 0 Å². The van der Waals surface area contributed by atoms with E-state index in [4.69, 9.17) is 0 Å². The Labute approximate surface area is 95.0 Å². The van der Waals surface area contributed by atoms with E-state index in [1.165, 1.54) is 38.6 Å². The standard InChI is InChI=1S/C14H27N/c1-10-6-7-11(2)14(9-10)13-5-4-8-15-12(13)3/h10-15H,4-9H2,1-3H3. The third-order valence-corrected chi connectivity index (χ3v) is 4.89. The molecule has 5 unspecified atom stereocenters. The molecule has 0 aromatic rings. The van der Waals surface area contributed by atoms with E-state index in [9.17, 15) is 0 Å². The number of rotatable bonds is 1. The van der Waals surface area contributed by atoms with Crippen molar-refractivity contribution in [2.75, 3.05) is 6.54 Å². The van der Waals surface area contributed by atoms with Crippen LogP contribution in [0.3, 0.4) is 0 Å². The predicted molar refractivity (Wildman–Crippen MR) is 65.9 cm³/mol. The highest BCUT2D eigenvalue weighted by atomic mass is 14.9. The maximum Gasteiger partial charge on any atom is 0.00697 e. The maximum absolute atomic E-state index is 3.66. The number of piperidine rings is 1. The highest BCUT2D eigenvalue weighted by molar-refractivity contribution is 4.88. The third kappa shape index (κ3) is 2.55. The van der Waals surface area contributed by atoms with Gasteiger partial charge in [0.25, 0.3) is 0 Å². The molecule has 2 aliphatic rings. The Morgan fingerprint density at radius 1 is 0.933 bits per heavy atom. The van der Waals surface area contributed by atoms with E-state index in [1.807, 2.05) is 0 Å². The van der Waals surface area contributed by atoms with Gasteiger partial charge in [-0.25, -0.2) is 0 Å². The zero-order valence-electron chi connectivity index (χ0n) is 10.6. The summed E-state index contributed by atoms with van der Waals surface area (Å²) in [4.78, 5) is 0. The van der Waals surface area contributed by atoms with Crippen molar-refractivity contribution in [2.45, 2.75) is 58.9 Å². The summed E-state index contributed by atoms with van der Waals surface area (Å²) in [7, 11) is 0. The summed E-state index contributed by atoms with van der Waals surface area (Å²) in [6, 6.07) is 0.761. The van der Waals surface area contributed by atoms with Crippen LogP contribution >= 0.6 is 0 Å². The summed E-state index contributed by atoms with van der Waals surface area (Å²) < 4.78 is 0. The molecule has 15 heavy (non-hydrogen) atoms. The summed E-state index contributed by atoms with van der Waals surface area (Å²) in [5.74, 6) is 3.89. The van der Waals surface area contributed by atoms with Crippen LogP contribution in [0.1, 0.15) is 52.9 Å². The van der Waals surface area contributed by atoms with Crippen LogP contribution in [0.15, 0.2) is 0 Å². The highest BCUT2D eigenvalue weighted by Crippen LogP contribution is 2.41. The second-order valence-electron chi connectivity index (χ2n) is 6.11. The smallest absolute Gasteiger partial charge is 0.00697 e. The zero-order chi connectivity index (χ0) is 10.8.